The zero-order valence-corrected chi connectivity index (χ0v) is 35.1. The Kier molecular flexibility index (Phi) is 11.3. The fourth-order valence-electron chi connectivity index (χ4n) is 13.2. The number of nitrogens with one attached hydrogen (secondary N) is 1. The molecular weight excluding hydrogens is 668 g/mol. The monoisotopic (exact) mass is 741 g/mol. The van der Waals surface area contributed by atoms with Crippen LogP contribution >= 0.6 is 0 Å². The maximum atomic E-state index is 14.1. The molecule has 300 valence electrons. The van der Waals surface area contributed by atoms with Crippen molar-refractivity contribution >= 4 is 23.6 Å². The molecule has 4 fully saturated rings. The Hall–Kier alpha value is -2.26. The Balaban J connectivity index is 1.45. The van der Waals surface area contributed by atoms with Gasteiger partial charge in [0.1, 0.15) is 6.10 Å². The van der Waals surface area contributed by atoms with Crippen molar-refractivity contribution in [3.8, 4) is 0 Å². The third-order valence-corrected chi connectivity index (χ3v) is 16.4. The summed E-state index contributed by atoms with van der Waals surface area (Å²) in [6, 6.07) is 0.0661. The van der Waals surface area contributed by atoms with Crippen LogP contribution in [0.1, 0.15) is 147 Å². The predicted octanol–water partition coefficient (Wildman–Crippen LogP) is 7.59. The van der Waals surface area contributed by atoms with E-state index in [9.17, 15) is 29.4 Å². The van der Waals surface area contributed by atoms with Gasteiger partial charge in [0.2, 0.25) is 5.91 Å². The number of carbonyl (C=O) groups excluding carboxylic acids is 3. The first-order valence-corrected chi connectivity index (χ1v) is 20.8. The molecule has 5 rings (SSSR count). The van der Waals surface area contributed by atoms with Gasteiger partial charge in [-0.1, -0.05) is 54.0 Å². The molecule has 0 aliphatic heterocycles. The number of ether oxygens (including phenoxy) is 1. The summed E-state index contributed by atoms with van der Waals surface area (Å²) in [6.45, 7) is 26.7. The zero-order valence-electron chi connectivity index (χ0n) is 35.1. The molecule has 9 heteroatoms. The molecule has 0 aromatic carbocycles. The largest absolute Gasteiger partial charge is 0.481 e. The molecule has 5 aliphatic carbocycles. The molecule has 0 radical (unpaired) electrons. The molecule has 4 saturated carbocycles. The summed E-state index contributed by atoms with van der Waals surface area (Å²) in [4.78, 5) is 53.8. The van der Waals surface area contributed by atoms with Crippen molar-refractivity contribution in [2.45, 2.75) is 166 Å². The number of amides is 1. The molecule has 1 unspecified atom stereocenters. The number of aliphatic hydroxyl groups excluding tert-OH is 1. The molecule has 0 heterocycles. The average Bonchev–Trinajstić information content (AvgIpc) is 3.35. The summed E-state index contributed by atoms with van der Waals surface area (Å²) in [7, 11) is 0. The number of ketones is 1. The number of nitrogens with zero attached hydrogens (tertiary/aromatic N) is 1. The second-order valence-electron chi connectivity index (χ2n) is 20.5. The Morgan fingerprint density at radius 2 is 1.58 bits per heavy atom. The van der Waals surface area contributed by atoms with Gasteiger partial charge < -0.3 is 20.3 Å². The van der Waals surface area contributed by atoms with Crippen LogP contribution in [0.5, 0.6) is 0 Å². The average molecular weight is 741 g/mol. The van der Waals surface area contributed by atoms with Crippen LogP contribution < -0.4 is 5.32 Å². The first-order chi connectivity index (χ1) is 24.4. The van der Waals surface area contributed by atoms with Crippen molar-refractivity contribution in [1.82, 2.24) is 10.2 Å². The summed E-state index contributed by atoms with van der Waals surface area (Å²) in [5, 5.41) is 24.9. The number of rotatable bonds is 12. The van der Waals surface area contributed by atoms with Crippen LogP contribution in [-0.4, -0.2) is 76.6 Å². The van der Waals surface area contributed by atoms with E-state index in [-0.39, 0.29) is 70.3 Å². The molecule has 0 bridgehead atoms. The number of Topliss-reactive ketones (excluding diaryl/α,β-unsaturated/α-hetero) is 1. The minimum Gasteiger partial charge on any atom is -0.481 e. The second kappa shape index (κ2) is 14.4. The standard InChI is InChI=1S/C44H72N2O7/c1-13-45-34(49)25-46(27(4)5)24-32(48)44-21-20-42(11)28(37(44)36(26(2)3)29(47)22-44)14-15-31-41(10)18-17-33(53-35(50)23-39(6,7)38(51)52)40(8,9)30(41)16-19-43(31,42)12/h26-28,30-33,48H,13-25H2,1-12H3,(H,45,49)(H,51,52)/t28-,30+,31?,32+,33+,41+,42-,43-,44+/m1/s1. The number of aliphatic hydroxyl groups is 1. The van der Waals surface area contributed by atoms with Crippen molar-refractivity contribution < 1.29 is 34.1 Å². The van der Waals surface area contributed by atoms with Gasteiger partial charge in [-0.15, -0.1) is 0 Å². The van der Waals surface area contributed by atoms with Crippen molar-refractivity contribution in [1.29, 1.82) is 0 Å². The van der Waals surface area contributed by atoms with E-state index in [2.05, 4.69) is 72.5 Å². The number of esters is 1. The number of allylic oxidation sites excluding steroid dienone is 1. The first kappa shape index (κ1) is 41.9. The van der Waals surface area contributed by atoms with Gasteiger partial charge in [0, 0.05) is 36.4 Å². The smallest absolute Gasteiger partial charge is 0.309 e. The van der Waals surface area contributed by atoms with E-state index in [0.29, 0.717) is 31.3 Å². The minimum atomic E-state index is -1.17. The number of carboxylic acids is 1. The van der Waals surface area contributed by atoms with Crippen LogP contribution in [0.15, 0.2) is 11.1 Å². The molecule has 0 saturated heterocycles. The van der Waals surface area contributed by atoms with Gasteiger partial charge in [-0.2, -0.15) is 0 Å². The highest BCUT2D eigenvalue weighted by molar-refractivity contribution is 6.00. The molecular formula is C44H72N2O7. The number of fused-ring (bicyclic) bond motifs is 7. The van der Waals surface area contributed by atoms with E-state index >= 15 is 0 Å². The number of carbonyl (C=O) groups is 4. The zero-order chi connectivity index (χ0) is 39.7. The molecule has 9 nitrogen and oxygen atoms in total. The predicted molar refractivity (Wildman–Crippen MR) is 207 cm³/mol. The summed E-state index contributed by atoms with van der Waals surface area (Å²) in [5.74, 6) is -0.188. The Labute approximate surface area is 319 Å². The van der Waals surface area contributed by atoms with Crippen molar-refractivity contribution in [2.75, 3.05) is 19.6 Å². The van der Waals surface area contributed by atoms with Crippen LogP contribution in [0.2, 0.25) is 0 Å². The van der Waals surface area contributed by atoms with E-state index in [1.807, 2.05) is 6.92 Å². The van der Waals surface area contributed by atoms with Gasteiger partial charge in [0.15, 0.2) is 5.78 Å². The van der Waals surface area contributed by atoms with E-state index in [1.165, 1.54) is 5.57 Å². The van der Waals surface area contributed by atoms with Gasteiger partial charge in [0.05, 0.1) is 24.5 Å². The summed E-state index contributed by atoms with van der Waals surface area (Å²) in [6.07, 6.45) is 6.77. The lowest BCUT2D eigenvalue weighted by Crippen LogP contribution is -2.66. The van der Waals surface area contributed by atoms with Gasteiger partial charge in [-0.25, -0.2) is 0 Å². The summed E-state index contributed by atoms with van der Waals surface area (Å²) in [5.41, 5.74) is 0.158. The Bertz CT molecular complexity index is 1500. The van der Waals surface area contributed by atoms with Gasteiger partial charge in [0.25, 0.3) is 0 Å². The molecule has 0 spiro atoms. The second-order valence-corrected chi connectivity index (χ2v) is 20.5. The highest BCUT2D eigenvalue weighted by Crippen LogP contribution is 2.77. The fourth-order valence-corrected chi connectivity index (χ4v) is 13.2. The van der Waals surface area contributed by atoms with Gasteiger partial charge in [-0.05, 0) is 131 Å². The molecule has 3 N–H and O–H groups in total. The van der Waals surface area contributed by atoms with Gasteiger partial charge >= 0.3 is 11.9 Å². The SMILES string of the molecule is CCNC(=O)CN(C[C@H](O)[C@@]12CC[C@]3(C)[C@H](CCC4[C@@]5(C)CC[C@H](OC(=O)CC(C)(C)C(=O)O)C(C)(C)[C@@H]5CC[C@]43C)C1=C(C(C)C)C(=O)C2)C(C)C. The lowest BCUT2D eigenvalue weighted by Gasteiger charge is -2.72. The Morgan fingerprint density at radius 3 is 2.17 bits per heavy atom. The molecule has 0 aromatic heterocycles. The van der Waals surface area contributed by atoms with Crippen LogP contribution in [0.3, 0.4) is 0 Å². The van der Waals surface area contributed by atoms with Crippen LogP contribution in [0, 0.1) is 56.2 Å². The quantitative estimate of drug-likeness (QED) is 0.175. The van der Waals surface area contributed by atoms with Crippen molar-refractivity contribution in [2.24, 2.45) is 56.2 Å². The van der Waals surface area contributed by atoms with E-state index in [0.717, 1.165) is 56.9 Å². The molecule has 53 heavy (non-hydrogen) atoms. The minimum absolute atomic E-state index is 0.0202. The number of hydrogen-bond acceptors (Lipinski definition) is 7. The fraction of sp³-hybridized carbons (Fsp3) is 0.864. The topological polar surface area (TPSA) is 133 Å². The third kappa shape index (κ3) is 6.73. The van der Waals surface area contributed by atoms with E-state index in [4.69, 9.17) is 4.74 Å². The number of carboxylic acid groups (broad SMARTS) is 1. The highest BCUT2D eigenvalue weighted by atomic mass is 16.5. The highest BCUT2D eigenvalue weighted by Gasteiger charge is 2.71. The van der Waals surface area contributed by atoms with E-state index in [1.54, 1.807) is 13.8 Å². The van der Waals surface area contributed by atoms with Crippen molar-refractivity contribution in [3.05, 3.63) is 11.1 Å². The van der Waals surface area contributed by atoms with Crippen LogP contribution in [-0.2, 0) is 23.9 Å². The van der Waals surface area contributed by atoms with Crippen LogP contribution in [0.4, 0.5) is 0 Å². The number of aliphatic carboxylic acids is 1. The summed E-state index contributed by atoms with van der Waals surface area (Å²) < 4.78 is 6.16. The molecule has 5 aliphatic rings. The third-order valence-electron chi connectivity index (χ3n) is 16.4. The van der Waals surface area contributed by atoms with Crippen LogP contribution in [0.25, 0.3) is 0 Å². The molecule has 0 aromatic rings. The normalized spacial score (nSPS) is 37.2. The molecule has 1 amide bonds. The van der Waals surface area contributed by atoms with E-state index < -0.39 is 28.9 Å². The van der Waals surface area contributed by atoms with Crippen molar-refractivity contribution in [3.63, 3.8) is 0 Å². The Morgan fingerprint density at radius 1 is 0.925 bits per heavy atom. The lowest BCUT2D eigenvalue weighted by atomic mass is 9.33. The maximum absolute atomic E-state index is 14.1. The summed E-state index contributed by atoms with van der Waals surface area (Å²) >= 11 is 0. The lowest BCUT2D eigenvalue weighted by molar-refractivity contribution is -0.235. The first-order valence-electron chi connectivity index (χ1n) is 20.8. The van der Waals surface area contributed by atoms with Gasteiger partial charge in [-0.3, -0.25) is 24.1 Å². The molecule has 9 atom stereocenters. The number of likely N-dealkylation sites (N-methyl/N-ethyl adjacent to an activating group) is 1. The number of hydrogen-bond donors (Lipinski definition) is 3. The maximum Gasteiger partial charge on any atom is 0.309 e.